The lowest BCUT2D eigenvalue weighted by Gasteiger charge is -2.15. The van der Waals surface area contributed by atoms with Crippen LogP contribution in [0.15, 0.2) is 18.2 Å². The topological polar surface area (TPSA) is 92.7 Å². The summed E-state index contributed by atoms with van der Waals surface area (Å²) in [5, 5.41) is 7.47. The van der Waals surface area contributed by atoms with Crippen LogP contribution in [-0.2, 0) is 14.8 Å². The van der Waals surface area contributed by atoms with E-state index in [2.05, 4.69) is 4.72 Å². The van der Waals surface area contributed by atoms with Crippen molar-refractivity contribution < 1.29 is 23.1 Å². The summed E-state index contributed by atoms with van der Waals surface area (Å²) in [4.78, 5) is 10.7. The van der Waals surface area contributed by atoms with Crippen molar-refractivity contribution in [2.75, 3.05) is 11.3 Å². The van der Waals surface area contributed by atoms with Crippen LogP contribution in [0.25, 0.3) is 0 Å². The monoisotopic (exact) mass is 307 g/mol. The molecule has 0 saturated heterocycles. The van der Waals surface area contributed by atoms with Crippen molar-refractivity contribution in [2.24, 2.45) is 0 Å². The van der Waals surface area contributed by atoms with Gasteiger partial charge >= 0.3 is 5.97 Å². The molecule has 0 bridgehead atoms. The number of sulfonamides is 1. The van der Waals surface area contributed by atoms with Gasteiger partial charge in [-0.25, -0.2) is 8.42 Å². The minimum atomic E-state index is -4.06. The number of anilines is 1. The van der Waals surface area contributed by atoms with Crippen LogP contribution in [-0.4, -0.2) is 31.4 Å². The molecule has 1 aromatic rings. The maximum absolute atomic E-state index is 11.8. The number of halogens is 1. The highest BCUT2D eigenvalue weighted by molar-refractivity contribution is 7.94. The Morgan fingerprint density at radius 2 is 2.16 bits per heavy atom. The first kappa shape index (κ1) is 15.6. The van der Waals surface area contributed by atoms with Gasteiger partial charge in [-0.1, -0.05) is 11.6 Å². The number of hydrogen-bond donors (Lipinski definition) is 2. The number of carboxylic acids is 1. The van der Waals surface area contributed by atoms with E-state index in [1.165, 1.54) is 12.1 Å². The predicted molar refractivity (Wildman–Crippen MR) is 72.3 cm³/mol. The lowest BCUT2D eigenvalue weighted by molar-refractivity contribution is -0.136. The van der Waals surface area contributed by atoms with Crippen molar-refractivity contribution in [3.8, 4) is 5.75 Å². The quantitative estimate of drug-likeness (QED) is 0.838. The summed E-state index contributed by atoms with van der Waals surface area (Å²) in [6, 6.07) is 4.42. The zero-order valence-corrected chi connectivity index (χ0v) is 12.0. The fourth-order valence-corrected chi connectivity index (χ4v) is 2.32. The molecule has 0 aliphatic heterocycles. The van der Waals surface area contributed by atoms with Crippen molar-refractivity contribution in [3.63, 3.8) is 0 Å². The normalized spacial score (nSPS) is 12.8. The molecule has 2 N–H and O–H groups in total. The highest BCUT2D eigenvalue weighted by Crippen LogP contribution is 2.29. The second-order valence-electron chi connectivity index (χ2n) is 3.70. The van der Waals surface area contributed by atoms with Crippen LogP contribution in [0.3, 0.4) is 0 Å². The molecule has 0 fully saturated rings. The third kappa shape index (κ3) is 4.00. The Labute approximate surface area is 116 Å². The summed E-state index contributed by atoms with van der Waals surface area (Å²) in [6.45, 7) is 3.16. The minimum absolute atomic E-state index is 0.113. The molecule has 0 radical (unpaired) electrons. The maximum Gasteiger partial charge on any atom is 0.323 e. The molecule has 0 amide bonds. The Kier molecular flexibility index (Phi) is 5.02. The number of nitrogens with one attached hydrogen (secondary N) is 1. The minimum Gasteiger partial charge on any atom is -0.492 e. The molecular formula is C11H14ClNO5S. The van der Waals surface area contributed by atoms with Gasteiger partial charge in [0.1, 0.15) is 5.75 Å². The van der Waals surface area contributed by atoms with Crippen molar-refractivity contribution in [3.05, 3.63) is 23.2 Å². The molecule has 0 aromatic heterocycles. The molecule has 0 heterocycles. The highest BCUT2D eigenvalue weighted by atomic mass is 35.5. The Morgan fingerprint density at radius 3 is 2.68 bits per heavy atom. The van der Waals surface area contributed by atoms with Crippen LogP contribution < -0.4 is 9.46 Å². The number of aliphatic carboxylic acids is 1. The van der Waals surface area contributed by atoms with E-state index in [9.17, 15) is 13.2 Å². The highest BCUT2D eigenvalue weighted by Gasteiger charge is 2.28. The molecule has 0 saturated carbocycles. The van der Waals surface area contributed by atoms with E-state index in [1.807, 2.05) is 0 Å². The van der Waals surface area contributed by atoms with Gasteiger partial charge in [-0.15, -0.1) is 0 Å². The standard InChI is InChI=1S/C11H14ClNO5S/c1-3-18-10-5-4-8(12)6-9(10)13-19(16,17)7(2)11(14)15/h4-7,13H,3H2,1-2H3,(H,14,15). The smallest absolute Gasteiger partial charge is 0.323 e. The van der Waals surface area contributed by atoms with E-state index in [-0.39, 0.29) is 11.4 Å². The summed E-state index contributed by atoms with van der Waals surface area (Å²) >= 11 is 5.78. The van der Waals surface area contributed by atoms with Gasteiger partial charge in [0.25, 0.3) is 0 Å². The zero-order chi connectivity index (χ0) is 14.6. The predicted octanol–water partition coefficient (Wildman–Crippen LogP) is 1.95. The molecule has 1 atom stereocenters. The van der Waals surface area contributed by atoms with Crippen LogP contribution >= 0.6 is 11.6 Å². The van der Waals surface area contributed by atoms with Crippen LogP contribution in [0.5, 0.6) is 5.75 Å². The van der Waals surface area contributed by atoms with Crippen molar-refractivity contribution in [1.82, 2.24) is 0 Å². The first-order valence-electron chi connectivity index (χ1n) is 5.44. The van der Waals surface area contributed by atoms with Gasteiger partial charge in [-0.2, -0.15) is 0 Å². The van der Waals surface area contributed by atoms with Gasteiger partial charge in [-0.05, 0) is 32.0 Å². The second kappa shape index (κ2) is 6.12. The summed E-state index contributed by atoms with van der Waals surface area (Å²) in [6.07, 6.45) is 0. The second-order valence-corrected chi connectivity index (χ2v) is 6.14. The Bertz CT molecular complexity index is 572. The summed E-state index contributed by atoms with van der Waals surface area (Å²) < 4.78 is 31.1. The third-order valence-corrected chi connectivity index (χ3v) is 4.18. The molecule has 0 aliphatic rings. The first-order valence-corrected chi connectivity index (χ1v) is 7.37. The Morgan fingerprint density at radius 1 is 1.53 bits per heavy atom. The SMILES string of the molecule is CCOc1ccc(Cl)cc1NS(=O)(=O)C(C)C(=O)O. The van der Waals surface area contributed by atoms with Gasteiger partial charge in [0.05, 0.1) is 12.3 Å². The van der Waals surface area contributed by atoms with E-state index in [1.54, 1.807) is 13.0 Å². The molecule has 1 aromatic carbocycles. The molecule has 1 unspecified atom stereocenters. The zero-order valence-electron chi connectivity index (χ0n) is 10.4. The Balaban J connectivity index is 3.11. The maximum atomic E-state index is 11.8. The van der Waals surface area contributed by atoms with Gasteiger partial charge in [-0.3, -0.25) is 9.52 Å². The molecule has 19 heavy (non-hydrogen) atoms. The van der Waals surface area contributed by atoms with Crippen molar-refractivity contribution in [2.45, 2.75) is 19.1 Å². The number of hydrogen-bond acceptors (Lipinski definition) is 4. The van der Waals surface area contributed by atoms with Crippen LogP contribution in [0.4, 0.5) is 5.69 Å². The molecule has 1 rings (SSSR count). The number of benzene rings is 1. The van der Waals surface area contributed by atoms with Gasteiger partial charge < -0.3 is 9.84 Å². The van der Waals surface area contributed by atoms with E-state index in [4.69, 9.17) is 21.4 Å². The summed E-state index contributed by atoms with van der Waals surface area (Å²) in [5.41, 5.74) is 0.113. The van der Waals surface area contributed by atoms with E-state index >= 15 is 0 Å². The van der Waals surface area contributed by atoms with Gasteiger partial charge in [0, 0.05) is 5.02 Å². The lowest BCUT2D eigenvalue weighted by Crippen LogP contribution is -2.32. The average molecular weight is 308 g/mol. The van der Waals surface area contributed by atoms with E-state index in [0.29, 0.717) is 11.6 Å². The fourth-order valence-electron chi connectivity index (χ4n) is 1.24. The van der Waals surface area contributed by atoms with Crippen LogP contribution in [0, 0.1) is 0 Å². The number of ether oxygens (including phenoxy) is 1. The molecule has 0 aliphatic carbocycles. The largest absolute Gasteiger partial charge is 0.492 e. The van der Waals surface area contributed by atoms with Crippen molar-refractivity contribution >= 4 is 33.3 Å². The lowest BCUT2D eigenvalue weighted by atomic mass is 10.3. The molecule has 106 valence electrons. The van der Waals surface area contributed by atoms with Gasteiger partial charge in [0.2, 0.25) is 10.0 Å². The molecular weight excluding hydrogens is 294 g/mol. The molecule has 8 heteroatoms. The third-order valence-electron chi connectivity index (χ3n) is 2.31. The first-order chi connectivity index (χ1) is 8.77. The van der Waals surface area contributed by atoms with Crippen LogP contribution in [0.2, 0.25) is 5.02 Å². The van der Waals surface area contributed by atoms with Gasteiger partial charge in [0.15, 0.2) is 5.25 Å². The summed E-state index contributed by atoms with van der Waals surface area (Å²) in [5.74, 6) is -1.15. The molecule has 6 nitrogen and oxygen atoms in total. The molecule has 0 spiro atoms. The van der Waals surface area contributed by atoms with E-state index in [0.717, 1.165) is 6.92 Å². The van der Waals surface area contributed by atoms with Crippen molar-refractivity contribution in [1.29, 1.82) is 0 Å². The summed E-state index contributed by atoms with van der Waals surface area (Å²) in [7, 11) is -4.06. The number of carbonyl (C=O) groups is 1. The number of carboxylic acid groups (broad SMARTS) is 1. The average Bonchev–Trinajstić information content (AvgIpc) is 2.31. The Hall–Kier alpha value is -1.47. The fraction of sp³-hybridized carbons (Fsp3) is 0.364. The number of rotatable bonds is 6. The van der Waals surface area contributed by atoms with Crippen LogP contribution in [0.1, 0.15) is 13.8 Å². The van der Waals surface area contributed by atoms with E-state index < -0.39 is 21.2 Å².